The number of benzene rings is 1. The van der Waals surface area contributed by atoms with Crippen molar-refractivity contribution in [1.29, 1.82) is 0 Å². The first-order valence-electron chi connectivity index (χ1n) is 11.0. The lowest BCUT2D eigenvalue weighted by molar-refractivity contribution is -0.161. The van der Waals surface area contributed by atoms with Crippen LogP contribution in [0.5, 0.6) is 11.6 Å². The molecule has 1 aromatic heterocycles. The van der Waals surface area contributed by atoms with E-state index in [0.29, 0.717) is 53.5 Å². The number of fused-ring (bicyclic) bond motifs is 1. The maximum absolute atomic E-state index is 13.0. The van der Waals surface area contributed by atoms with Crippen LogP contribution in [-0.2, 0) is 14.3 Å². The van der Waals surface area contributed by atoms with Gasteiger partial charge in [0.1, 0.15) is 23.4 Å². The number of nitrogens with zero attached hydrogens (tertiary/aromatic N) is 2. The number of ether oxygens (including phenoxy) is 4. The smallest absolute Gasteiger partial charge is 0.410 e. The van der Waals surface area contributed by atoms with Gasteiger partial charge in [0, 0.05) is 24.5 Å². The summed E-state index contributed by atoms with van der Waals surface area (Å²) in [7, 11) is 1.54. The van der Waals surface area contributed by atoms with Gasteiger partial charge in [-0.25, -0.2) is 9.78 Å². The number of amides is 1. The number of esters is 1. The van der Waals surface area contributed by atoms with E-state index in [0.717, 1.165) is 0 Å². The van der Waals surface area contributed by atoms with Gasteiger partial charge >= 0.3 is 12.1 Å². The van der Waals surface area contributed by atoms with Crippen molar-refractivity contribution in [2.45, 2.75) is 46.1 Å². The number of carbonyl (C=O) groups excluding carboxylic acids is 2. The highest BCUT2D eigenvalue weighted by molar-refractivity contribution is 6.35. The first kappa shape index (κ1) is 24.9. The molecule has 1 aliphatic rings. The zero-order chi connectivity index (χ0) is 24.2. The maximum atomic E-state index is 13.0. The molecule has 0 saturated carbocycles. The molecule has 3 rings (SSSR count). The van der Waals surface area contributed by atoms with Crippen molar-refractivity contribution in [3.63, 3.8) is 0 Å². The Bertz CT molecular complexity index is 1010. The number of pyridine rings is 1. The minimum atomic E-state index is -0.875. The summed E-state index contributed by atoms with van der Waals surface area (Å²) in [6.45, 7) is 8.37. The Balaban J connectivity index is 1.79. The van der Waals surface area contributed by atoms with E-state index in [1.807, 2.05) is 26.8 Å². The van der Waals surface area contributed by atoms with E-state index in [1.165, 1.54) is 7.11 Å². The van der Waals surface area contributed by atoms with Crippen molar-refractivity contribution in [1.82, 2.24) is 9.88 Å². The highest BCUT2D eigenvalue weighted by Crippen LogP contribution is 2.37. The molecule has 33 heavy (non-hydrogen) atoms. The second-order valence-corrected chi connectivity index (χ2v) is 9.46. The Morgan fingerprint density at radius 1 is 1.15 bits per heavy atom. The van der Waals surface area contributed by atoms with E-state index in [1.54, 1.807) is 30.0 Å². The molecule has 0 unspecified atom stereocenters. The third-order valence-electron chi connectivity index (χ3n) is 5.54. The molecule has 8 nitrogen and oxygen atoms in total. The standard InChI is InChI=1S/C24H31ClN2O6/c1-6-31-21(28)24(11-13-27(14-12-24)22(29)33-23(2,3)4)15-32-18-9-8-17(25)20-16(18)7-10-19(26-20)30-5/h7-10H,6,11-15H2,1-5H3. The van der Waals surface area contributed by atoms with Crippen LogP contribution in [0.1, 0.15) is 40.5 Å². The summed E-state index contributed by atoms with van der Waals surface area (Å²) < 4.78 is 22.2. The average molecular weight is 479 g/mol. The zero-order valence-electron chi connectivity index (χ0n) is 19.8. The van der Waals surface area contributed by atoms with Crippen molar-refractivity contribution < 1.29 is 28.5 Å². The predicted molar refractivity (Wildman–Crippen MR) is 125 cm³/mol. The first-order valence-corrected chi connectivity index (χ1v) is 11.4. The number of aromatic nitrogens is 1. The van der Waals surface area contributed by atoms with Crippen molar-refractivity contribution in [2.75, 3.05) is 33.4 Å². The van der Waals surface area contributed by atoms with Crippen molar-refractivity contribution in [2.24, 2.45) is 5.41 Å². The SMILES string of the molecule is CCOC(=O)C1(COc2ccc(Cl)c3nc(OC)ccc23)CCN(C(=O)OC(C)(C)C)CC1. The van der Waals surface area contributed by atoms with Gasteiger partial charge in [0.25, 0.3) is 0 Å². The van der Waals surface area contributed by atoms with Crippen LogP contribution in [-0.4, -0.2) is 61.0 Å². The van der Waals surface area contributed by atoms with Crippen LogP contribution in [0.2, 0.25) is 5.02 Å². The third kappa shape index (κ3) is 5.79. The Morgan fingerprint density at radius 3 is 2.45 bits per heavy atom. The molecule has 0 atom stereocenters. The van der Waals surface area contributed by atoms with Crippen LogP contribution in [0.15, 0.2) is 24.3 Å². The number of carbonyl (C=O) groups is 2. The van der Waals surface area contributed by atoms with Gasteiger partial charge in [0.15, 0.2) is 0 Å². The molecular formula is C24H31ClN2O6. The Kier molecular flexibility index (Phi) is 7.57. The summed E-state index contributed by atoms with van der Waals surface area (Å²) >= 11 is 6.32. The van der Waals surface area contributed by atoms with Gasteiger partial charge < -0.3 is 23.8 Å². The van der Waals surface area contributed by atoms with E-state index in [9.17, 15) is 9.59 Å². The van der Waals surface area contributed by atoms with E-state index < -0.39 is 11.0 Å². The maximum Gasteiger partial charge on any atom is 0.410 e. The van der Waals surface area contributed by atoms with Crippen LogP contribution < -0.4 is 9.47 Å². The van der Waals surface area contributed by atoms with E-state index in [-0.39, 0.29) is 25.3 Å². The van der Waals surface area contributed by atoms with Crippen LogP contribution in [0.4, 0.5) is 4.79 Å². The molecular weight excluding hydrogens is 448 g/mol. The van der Waals surface area contributed by atoms with Crippen LogP contribution in [0.3, 0.4) is 0 Å². The molecule has 1 fully saturated rings. The van der Waals surface area contributed by atoms with Crippen LogP contribution in [0.25, 0.3) is 10.9 Å². The summed E-state index contributed by atoms with van der Waals surface area (Å²) in [5.74, 6) is 0.675. The minimum absolute atomic E-state index is 0.108. The average Bonchev–Trinajstić information content (AvgIpc) is 2.78. The molecule has 1 aliphatic heterocycles. The Morgan fingerprint density at radius 2 is 1.85 bits per heavy atom. The molecule has 0 aliphatic carbocycles. The normalized spacial score (nSPS) is 15.8. The van der Waals surface area contributed by atoms with Gasteiger partial charge in [-0.1, -0.05) is 11.6 Å². The molecule has 2 heterocycles. The van der Waals surface area contributed by atoms with Gasteiger partial charge in [-0.15, -0.1) is 0 Å². The molecule has 1 amide bonds. The number of rotatable bonds is 6. The first-order chi connectivity index (χ1) is 15.6. The summed E-state index contributed by atoms with van der Waals surface area (Å²) in [6, 6.07) is 7.01. The summed E-state index contributed by atoms with van der Waals surface area (Å²) in [5.41, 5.74) is -0.902. The lowest BCUT2D eigenvalue weighted by Gasteiger charge is -2.39. The summed E-state index contributed by atoms with van der Waals surface area (Å²) in [6.07, 6.45) is 0.426. The molecule has 0 bridgehead atoms. The van der Waals surface area contributed by atoms with Gasteiger partial charge in [-0.2, -0.15) is 0 Å². The number of likely N-dealkylation sites (tertiary alicyclic amines) is 1. The fourth-order valence-electron chi connectivity index (χ4n) is 3.73. The number of halogens is 1. The topological polar surface area (TPSA) is 87.2 Å². The van der Waals surface area contributed by atoms with Crippen molar-refractivity contribution in [3.8, 4) is 11.6 Å². The van der Waals surface area contributed by atoms with Gasteiger partial charge in [-0.05, 0) is 58.7 Å². The van der Waals surface area contributed by atoms with E-state index in [4.69, 9.17) is 30.5 Å². The quantitative estimate of drug-likeness (QED) is 0.548. The van der Waals surface area contributed by atoms with Crippen molar-refractivity contribution in [3.05, 3.63) is 29.3 Å². The molecule has 0 N–H and O–H groups in total. The zero-order valence-corrected chi connectivity index (χ0v) is 20.5. The number of methoxy groups -OCH3 is 1. The Labute approximate surface area is 199 Å². The number of hydrogen-bond acceptors (Lipinski definition) is 7. The van der Waals surface area contributed by atoms with Crippen LogP contribution in [0, 0.1) is 5.41 Å². The lowest BCUT2D eigenvalue weighted by atomic mass is 9.79. The molecule has 2 aromatic rings. The molecule has 180 valence electrons. The molecule has 0 spiro atoms. The second-order valence-electron chi connectivity index (χ2n) is 9.05. The second kappa shape index (κ2) is 10.0. The fourth-order valence-corrected chi connectivity index (χ4v) is 3.94. The number of hydrogen-bond donors (Lipinski definition) is 0. The van der Waals surface area contributed by atoms with Gasteiger partial charge in [-0.3, -0.25) is 4.79 Å². The molecule has 1 aromatic carbocycles. The minimum Gasteiger partial charge on any atom is -0.492 e. The highest BCUT2D eigenvalue weighted by atomic mass is 35.5. The summed E-state index contributed by atoms with van der Waals surface area (Å²) in [5, 5.41) is 1.19. The van der Waals surface area contributed by atoms with Crippen LogP contribution >= 0.6 is 11.6 Å². The fraction of sp³-hybridized carbons (Fsp3) is 0.542. The van der Waals surface area contributed by atoms with Crippen molar-refractivity contribution >= 4 is 34.6 Å². The largest absolute Gasteiger partial charge is 0.492 e. The molecule has 1 saturated heterocycles. The van der Waals surface area contributed by atoms with E-state index >= 15 is 0 Å². The summed E-state index contributed by atoms with van der Waals surface area (Å²) in [4.78, 5) is 31.4. The highest BCUT2D eigenvalue weighted by Gasteiger charge is 2.45. The molecule has 9 heteroatoms. The van der Waals surface area contributed by atoms with E-state index in [2.05, 4.69) is 4.98 Å². The monoisotopic (exact) mass is 478 g/mol. The third-order valence-corrected chi connectivity index (χ3v) is 5.84. The number of piperidine rings is 1. The lowest BCUT2D eigenvalue weighted by Crippen LogP contribution is -2.50. The van der Waals surface area contributed by atoms with Gasteiger partial charge in [0.05, 0.1) is 24.3 Å². The Hall–Kier alpha value is -2.74. The molecule has 0 radical (unpaired) electrons. The van der Waals surface area contributed by atoms with Gasteiger partial charge in [0.2, 0.25) is 5.88 Å². The predicted octanol–water partition coefficient (Wildman–Crippen LogP) is 4.86.